The van der Waals surface area contributed by atoms with Crippen molar-refractivity contribution in [2.24, 2.45) is 7.05 Å². The van der Waals surface area contributed by atoms with Gasteiger partial charge in [0.25, 0.3) is 6.43 Å². The molecule has 1 saturated heterocycles. The van der Waals surface area contributed by atoms with Gasteiger partial charge in [-0.05, 0) is 25.0 Å². The van der Waals surface area contributed by atoms with E-state index in [1.165, 1.54) is 19.3 Å². The van der Waals surface area contributed by atoms with Crippen molar-refractivity contribution in [1.29, 1.82) is 5.26 Å². The van der Waals surface area contributed by atoms with Crippen molar-refractivity contribution in [3.05, 3.63) is 35.7 Å². The number of nitriles is 1. The minimum Gasteiger partial charge on any atom is -0.366 e. The number of carbonyl (C=O) groups is 1. The highest BCUT2D eigenvalue weighted by molar-refractivity contribution is 5.88. The molecule has 1 aliphatic rings. The number of urea groups is 1. The van der Waals surface area contributed by atoms with Crippen molar-refractivity contribution in [3.8, 4) is 6.07 Å². The van der Waals surface area contributed by atoms with Crippen LogP contribution in [0.5, 0.6) is 0 Å². The summed E-state index contributed by atoms with van der Waals surface area (Å²) in [7, 11) is 1.41. The summed E-state index contributed by atoms with van der Waals surface area (Å²) < 4.78 is 26.7. The Bertz CT molecular complexity index is 844. The van der Waals surface area contributed by atoms with Crippen LogP contribution in [0.4, 0.5) is 25.2 Å². The van der Waals surface area contributed by atoms with Gasteiger partial charge in [0.15, 0.2) is 5.82 Å². The number of hydrogen-bond acceptors (Lipinski definition) is 5. The molecule has 0 bridgehead atoms. The zero-order valence-electron chi connectivity index (χ0n) is 14.7. The number of halogens is 2. The first-order chi connectivity index (χ1) is 13.0. The van der Waals surface area contributed by atoms with Crippen molar-refractivity contribution in [2.75, 3.05) is 23.7 Å². The van der Waals surface area contributed by atoms with Crippen LogP contribution in [-0.4, -0.2) is 44.8 Å². The zero-order chi connectivity index (χ0) is 19.4. The maximum Gasteiger partial charge on any atom is 0.323 e. The number of rotatable bonds is 4. The summed E-state index contributed by atoms with van der Waals surface area (Å²) in [5.41, 5.74) is 0.221. The highest BCUT2D eigenvalue weighted by Gasteiger charge is 2.25. The van der Waals surface area contributed by atoms with E-state index in [1.807, 2.05) is 6.07 Å². The molecule has 3 rings (SSSR count). The summed E-state index contributed by atoms with van der Waals surface area (Å²) in [6.07, 6.45) is 0.491. The molecule has 0 radical (unpaired) electrons. The van der Waals surface area contributed by atoms with Crippen molar-refractivity contribution >= 4 is 17.7 Å². The summed E-state index contributed by atoms with van der Waals surface area (Å²) in [6, 6.07) is 6.19. The van der Waals surface area contributed by atoms with E-state index in [-0.39, 0.29) is 23.6 Å². The van der Waals surface area contributed by atoms with Gasteiger partial charge in [-0.1, -0.05) is 0 Å². The molecular formula is C17H19F2N7O. The average molecular weight is 375 g/mol. The number of hydrogen-bond donors (Lipinski definition) is 2. The summed E-state index contributed by atoms with van der Waals surface area (Å²) in [5.74, 6) is 0.731. The number of aryl methyl sites for hydroxylation is 1. The van der Waals surface area contributed by atoms with Gasteiger partial charge in [-0.3, -0.25) is 10.00 Å². The molecule has 1 unspecified atom stereocenters. The Morgan fingerprint density at radius 1 is 1.41 bits per heavy atom. The molecule has 3 heterocycles. The third-order valence-electron chi connectivity index (χ3n) is 4.33. The molecular weight excluding hydrogens is 356 g/mol. The number of alkyl halides is 2. The van der Waals surface area contributed by atoms with E-state index in [4.69, 9.17) is 5.26 Å². The summed E-state index contributed by atoms with van der Waals surface area (Å²) >= 11 is 0. The molecule has 2 N–H and O–H groups in total. The lowest BCUT2D eigenvalue weighted by molar-refractivity contribution is 0.141. The molecule has 0 aromatic carbocycles. The lowest BCUT2D eigenvalue weighted by Crippen LogP contribution is -2.47. The fourth-order valence-electron chi connectivity index (χ4n) is 2.97. The molecule has 0 aliphatic carbocycles. The second kappa shape index (κ2) is 7.99. The van der Waals surface area contributed by atoms with Crippen LogP contribution in [0.25, 0.3) is 0 Å². The molecule has 1 fully saturated rings. The Hall–Kier alpha value is -3.22. The topological polar surface area (TPSA) is 98.9 Å². The predicted molar refractivity (Wildman–Crippen MR) is 94.4 cm³/mol. The maximum atomic E-state index is 12.8. The molecule has 0 spiro atoms. The standard InChI is InChI=1S/C17H19F2N7O/c1-25-13(16(18)19)7-15(24-25)23-17(27)26-6-2-3-12(10-26)22-14-5-4-11(8-20)9-21-14/h4-5,7,9,12,16H,2-3,6,10H2,1H3,(H,21,22)(H,23,24,27). The van der Waals surface area contributed by atoms with Crippen LogP contribution in [-0.2, 0) is 7.05 Å². The molecule has 2 amide bonds. The van der Waals surface area contributed by atoms with Crippen molar-refractivity contribution in [1.82, 2.24) is 19.7 Å². The van der Waals surface area contributed by atoms with Gasteiger partial charge in [0.05, 0.1) is 5.56 Å². The molecule has 2 aromatic rings. The summed E-state index contributed by atoms with van der Waals surface area (Å²) in [5, 5.41) is 18.5. The van der Waals surface area contributed by atoms with Crippen LogP contribution >= 0.6 is 0 Å². The van der Waals surface area contributed by atoms with Gasteiger partial charge in [-0.2, -0.15) is 10.4 Å². The van der Waals surface area contributed by atoms with Crippen LogP contribution in [0, 0.1) is 11.3 Å². The molecule has 10 heteroatoms. The number of piperidine rings is 1. The van der Waals surface area contributed by atoms with E-state index in [1.54, 1.807) is 17.0 Å². The Labute approximate surface area is 154 Å². The first kappa shape index (κ1) is 18.6. The predicted octanol–water partition coefficient (Wildman–Crippen LogP) is 2.73. The normalized spacial score (nSPS) is 16.9. The number of anilines is 2. The number of carbonyl (C=O) groups excluding carboxylic acids is 1. The van der Waals surface area contributed by atoms with E-state index in [0.717, 1.165) is 17.5 Å². The number of nitrogens with zero attached hydrogens (tertiary/aromatic N) is 5. The average Bonchev–Trinajstić information content (AvgIpc) is 3.03. The molecule has 8 nitrogen and oxygen atoms in total. The Morgan fingerprint density at radius 3 is 2.85 bits per heavy atom. The Morgan fingerprint density at radius 2 is 2.22 bits per heavy atom. The van der Waals surface area contributed by atoms with Gasteiger partial charge in [-0.25, -0.2) is 18.6 Å². The second-order valence-corrected chi connectivity index (χ2v) is 6.28. The van der Waals surface area contributed by atoms with Crippen LogP contribution in [0.2, 0.25) is 0 Å². The molecule has 27 heavy (non-hydrogen) atoms. The largest absolute Gasteiger partial charge is 0.366 e. The van der Waals surface area contributed by atoms with Crippen LogP contribution in [0.1, 0.15) is 30.5 Å². The third-order valence-corrected chi connectivity index (χ3v) is 4.33. The number of nitrogens with one attached hydrogen (secondary N) is 2. The van der Waals surface area contributed by atoms with Gasteiger partial charge in [0.2, 0.25) is 0 Å². The van der Waals surface area contributed by atoms with E-state index < -0.39 is 6.43 Å². The van der Waals surface area contributed by atoms with Crippen LogP contribution in [0.3, 0.4) is 0 Å². The van der Waals surface area contributed by atoms with Gasteiger partial charge in [0.1, 0.15) is 17.6 Å². The number of amides is 2. The lowest BCUT2D eigenvalue weighted by Gasteiger charge is -2.33. The highest BCUT2D eigenvalue weighted by atomic mass is 19.3. The van der Waals surface area contributed by atoms with Crippen molar-refractivity contribution in [2.45, 2.75) is 25.3 Å². The van der Waals surface area contributed by atoms with E-state index in [9.17, 15) is 13.6 Å². The van der Waals surface area contributed by atoms with Crippen molar-refractivity contribution < 1.29 is 13.6 Å². The molecule has 2 aromatic heterocycles. The zero-order valence-corrected chi connectivity index (χ0v) is 14.7. The van der Waals surface area contributed by atoms with Crippen LogP contribution < -0.4 is 10.6 Å². The molecule has 1 atom stereocenters. The van der Waals surface area contributed by atoms with E-state index in [0.29, 0.717) is 24.5 Å². The van der Waals surface area contributed by atoms with E-state index in [2.05, 4.69) is 20.7 Å². The molecule has 0 saturated carbocycles. The Balaban J connectivity index is 1.59. The minimum absolute atomic E-state index is 0.00490. The fraction of sp³-hybridized carbons (Fsp3) is 0.412. The maximum absolute atomic E-state index is 12.8. The van der Waals surface area contributed by atoms with Gasteiger partial charge in [0, 0.05) is 38.4 Å². The smallest absolute Gasteiger partial charge is 0.323 e. The number of pyridine rings is 1. The molecule has 142 valence electrons. The minimum atomic E-state index is -2.66. The first-order valence-electron chi connectivity index (χ1n) is 8.47. The number of aromatic nitrogens is 3. The highest BCUT2D eigenvalue weighted by Crippen LogP contribution is 2.22. The lowest BCUT2D eigenvalue weighted by atomic mass is 10.1. The van der Waals surface area contributed by atoms with Gasteiger partial charge >= 0.3 is 6.03 Å². The third kappa shape index (κ3) is 4.49. The summed E-state index contributed by atoms with van der Waals surface area (Å²) in [6.45, 7) is 1.02. The first-order valence-corrected chi connectivity index (χ1v) is 8.47. The van der Waals surface area contributed by atoms with Crippen LogP contribution in [0.15, 0.2) is 24.4 Å². The van der Waals surface area contributed by atoms with Gasteiger partial charge < -0.3 is 10.2 Å². The quantitative estimate of drug-likeness (QED) is 0.856. The summed E-state index contributed by atoms with van der Waals surface area (Å²) in [4.78, 5) is 18.2. The Kier molecular flexibility index (Phi) is 5.49. The molecule has 1 aliphatic heterocycles. The van der Waals surface area contributed by atoms with Crippen molar-refractivity contribution in [3.63, 3.8) is 0 Å². The SMILES string of the molecule is Cn1nc(NC(=O)N2CCCC(Nc3ccc(C#N)cn3)C2)cc1C(F)F. The van der Waals surface area contributed by atoms with E-state index >= 15 is 0 Å². The van der Waals surface area contributed by atoms with Gasteiger partial charge in [-0.15, -0.1) is 0 Å². The number of likely N-dealkylation sites (tertiary alicyclic amines) is 1. The second-order valence-electron chi connectivity index (χ2n) is 6.28. The monoisotopic (exact) mass is 375 g/mol. The fourth-order valence-corrected chi connectivity index (χ4v) is 2.97.